The van der Waals surface area contributed by atoms with Gasteiger partial charge in [0.05, 0.1) is 14.2 Å². The molecule has 0 radical (unpaired) electrons. The second-order valence-corrected chi connectivity index (χ2v) is 7.39. The molecule has 4 rings (SSSR count). The molecule has 0 heterocycles. The number of allylic oxidation sites excluding steroid dienone is 4. The summed E-state index contributed by atoms with van der Waals surface area (Å²) in [4.78, 5) is 0. The van der Waals surface area contributed by atoms with E-state index in [-0.39, 0.29) is 11.3 Å². The molecule has 2 nitrogen and oxygen atoms in total. The molecule has 0 fully saturated rings. The predicted octanol–water partition coefficient (Wildman–Crippen LogP) is 5.73. The Hall–Kier alpha value is -2.48. The fourth-order valence-corrected chi connectivity index (χ4v) is 4.36. The molecule has 0 spiro atoms. The largest absolute Gasteiger partial charge is 0.497 e. The standard InChI is InChI=1S/C23H24O2/c1-23(2,15-7-5-6-8-15)22-20-13-16(24-3)9-11-18(20)19-12-10-17(25-4)14-21(19)22/h5-7,9-14,22H,8H2,1-4H3. The molecule has 2 aliphatic carbocycles. The van der Waals surface area contributed by atoms with Crippen molar-refractivity contribution in [2.24, 2.45) is 5.41 Å². The van der Waals surface area contributed by atoms with Crippen LogP contribution in [0.2, 0.25) is 0 Å². The van der Waals surface area contributed by atoms with Gasteiger partial charge in [-0.25, -0.2) is 0 Å². The molecule has 0 N–H and O–H groups in total. The van der Waals surface area contributed by atoms with Crippen LogP contribution in [0.25, 0.3) is 11.1 Å². The molecule has 25 heavy (non-hydrogen) atoms. The van der Waals surface area contributed by atoms with E-state index in [1.54, 1.807) is 14.2 Å². The predicted molar refractivity (Wildman–Crippen MR) is 102 cm³/mol. The lowest BCUT2D eigenvalue weighted by atomic mass is 9.68. The minimum atomic E-state index is 0.0161. The number of hydrogen-bond acceptors (Lipinski definition) is 2. The molecular weight excluding hydrogens is 308 g/mol. The van der Waals surface area contributed by atoms with Gasteiger partial charge in [0.2, 0.25) is 0 Å². The molecule has 0 amide bonds. The molecule has 128 valence electrons. The van der Waals surface area contributed by atoms with E-state index in [1.807, 2.05) is 0 Å². The van der Waals surface area contributed by atoms with E-state index in [0.717, 1.165) is 17.9 Å². The first-order chi connectivity index (χ1) is 12.1. The molecule has 2 aromatic rings. The molecule has 2 aliphatic rings. The van der Waals surface area contributed by atoms with Crippen LogP contribution in [0.3, 0.4) is 0 Å². The molecular formula is C23H24O2. The zero-order valence-corrected chi connectivity index (χ0v) is 15.3. The molecule has 0 aromatic heterocycles. The Morgan fingerprint density at radius 1 is 0.880 bits per heavy atom. The van der Waals surface area contributed by atoms with Crippen LogP contribution >= 0.6 is 0 Å². The van der Waals surface area contributed by atoms with Crippen molar-refractivity contribution in [1.29, 1.82) is 0 Å². The van der Waals surface area contributed by atoms with Gasteiger partial charge in [-0.2, -0.15) is 0 Å². The topological polar surface area (TPSA) is 18.5 Å². The molecule has 0 atom stereocenters. The molecule has 2 aromatic carbocycles. The first-order valence-electron chi connectivity index (χ1n) is 8.78. The first-order valence-corrected chi connectivity index (χ1v) is 8.78. The SMILES string of the molecule is COc1ccc2c(c1)C(C(C)(C)C1=CC=CC1)c1cc(OC)ccc1-2. The summed E-state index contributed by atoms with van der Waals surface area (Å²) < 4.78 is 11.0. The zero-order valence-electron chi connectivity index (χ0n) is 15.3. The van der Waals surface area contributed by atoms with Crippen LogP contribution in [0.15, 0.2) is 60.2 Å². The van der Waals surface area contributed by atoms with Crippen molar-refractivity contribution >= 4 is 0 Å². The van der Waals surface area contributed by atoms with Crippen LogP contribution in [0.5, 0.6) is 11.5 Å². The van der Waals surface area contributed by atoms with Crippen LogP contribution in [0.1, 0.15) is 37.3 Å². The maximum Gasteiger partial charge on any atom is 0.119 e. The summed E-state index contributed by atoms with van der Waals surface area (Å²) in [6.07, 6.45) is 7.72. The van der Waals surface area contributed by atoms with Gasteiger partial charge in [-0.05, 0) is 58.4 Å². The van der Waals surface area contributed by atoms with Crippen molar-refractivity contribution in [3.05, 3.63) is 71.3 Å². The van der Waals surface area contributed by atoms with E-state index in [1.165, 1.54) is 27.8 Å². The number of methoxy groups -OCH3 is 2. The lowest BCUT2D eigenvalue weighted by Gasteiger charge is -2.35. The normalized spacial score (nSPS) is 15.8. The van der Waals surface area contributed by atoms with E-state index in [4.69, 9.17) is 9.47 Å². The number of benzene rings is 2. The highest BCUT2D eigenvalue weighted by atomic mass is 16.5. The van der Waals surface area contributed by atoms with Crippen molar-refractivity contribution in [2.45, 2.75) is 26.2 Å². The molecule has 0 saturated heterocycles. The Morgan fingerprint density at radius 2 is 1.44 bits per heavy atom. The number of hydrogen-bond donors (Lipinski definition) is 0. The summed E-state index contributed by atoms with van der Waals surface area (Å²) >= 11 is 0. The smallest absolute Gasteiger partial charge is 0.119 e. The van der Waals surface area contributed by atoms with Crippen LogP contribution in [0.4, 0.5) is 0 Å². The minimum Gasteiger partial charge on any atom is -0.497 e. The molecule has 0 saturated carbocycles. The maximum absolute atomic E-state index is 5.52. The summed E-state index contributed by atoms with van der Waals surface area (Å²) in [7, 11) is 3.47. The Kier molecular flexibility index (Phi) is 3.72. The van der Waals surface area contributed by atoms with Crippen LogP contribution in [-0.2, 0) is 0 Å². The third-order valence-corrected chi connectivity index (χ3v) is 5.75. The summed E-state index contributed by atoms with van der Waals surface area (Å²) in [6.45, 7) is 4.71. The number of ether oxygens (including phenoxy) is 2. The summed E-state index contributed by atoms with van der Waals surface area (Å²) in [5, 5.41) is 0. The fourth-order valence-electron chi connectivity index (χ4n) is 4.36. The maximum atomic E-state index is 5.52. The fraction of sp³-hybridized carbons (Fsp3) is 0.304. The average Bonchev–Trinajstić information content (AvgIpc) is 3.27. The van der Waals surface area contributed by atoms with Gasteiger partial charge in [-0.15, -0.1) is 0 Å². The van der Waals surface area contributed by atoms with Gasteiger partial charge in [-0.3, -0.25) is 0 Å². The molecule has 0 aliphatic heterocycles. The Balaban J connectivity index is 1.93. The lowest BCUT2D eigenvalue weighted by Crippen LogP contribution is -2.24. The summed E-state index contributed by atoms with van der Waals surface area (Å²) in [6, 6.07) is 12.9. The van der Waals surface area contributed by atoms with Crippen LogP contribution in [-0.4, -0.2) is 14.2 Å². The van der Waals surface area contributed by atoms with Gasteiger partial charge in [0, 0.05) is 5.92 Å². The lowest BCUT2D eigenvalue weighted by molar-refractivity contribution is 0.381. The summed E-state index contributed by atoms with van der Waals surface area (Å²) in [5.41, 5.74) is 6.80. The van der Waals surface area contributed by atoms with Gasteiger partial charge in [0.1, 0.15) is 11.5 Å². The van der Waals surface area contributed by atoms with E-state index < -0.39 is 0 Å². The number of rotatable bonds is 4. The second-order valence-electron chi connectivity index (χ2n) is 7.39. The zero-order chi connectivity index (χ0) is 17.6. The minimum absolute atomic E-state index is 0.0161. The molecule has 2 heteroatoms. The van der Waals surface area contributed by atoms with E-state index in [9.17, 15) is 0 Å². The van der Waals surface area contributed by atoms with Crippen molar-refractivity contribution in [2.75, 3.05) is 14.2 Å². The van der Waals surface area contributed by atoms with E-state index in [0.29, 0.717) is 0 Å². The highest BCUT2D eigenvalue weighted by Crippen LogP contribution is 2.57. The van der Waals surface area contributed by atoms with Crippen molar-refractivity contribution in [3.8, 4) is 22.6 Å². The first kappa shape index (κ1) is 16.0. The molecule has 0 bridgehead atoms. The van der Waals surface area contributed by atoms with Gasteiger partial charge >= 0.3 is 0 Å². The average molecular weight is 332 g/mol. The van der Waals surface area contributed by atoms with Crippen molar-refractivity contribution in [1.82, 2.24) is 0 Å². The Morgan fingerprint density at radius 3 is 1.88 bits per heavy atom. The third-order valence-electron chi connectivity index (χ3n) is 5.75. The highest BCUT2D eigenvalue weighted by molar-refractivity contribution is 5.81. The van der Waals surface area contributed by atoms with Gasteiger partial charge in [0.25, 0.3) is 0 Å². The second kappa shape index (κ2) is 5.80. The van der Waals surface area contributed by atoms with Crippen molar-refractivity contribution in [3.63, 3.8) is 0 Å². The monoisotopic (exact) mass is 332 g/mol. The van der Waals surface area contributed by atoms with Crippen LogP contribution in [0, 0.1) is 5.41 Å². The third kappa shape index (κ3) is 2.39. The van der Waals surface area contributed by atoms with Crippen LogP contribution < -0.4 is 9.47 Å². The van der Waals surface area contributed by atoms with Crippen molar-refractivity contribution < 1.29 is 9.47 Å². The van der Waals surface area contributed by atoms with Gasteiger partial charge in [0.15, 0.2) is 0 Å². The molecule has 0 unspecified atom stereocenters. The Labute approximate surface area is 149 Å². The van der Waals surface area contributed by atoms with Gasteiger partial charge in [-0.1, -0.05) is 49.8 Å². The van der Waals surface area contributed by atoms with Gasteiger partial charge < -0.3 is 9.47 Å². The number of fused-ring (bicyclic) bond motifs is 3. The quantitative estimate of drug-likeness (QED) is 0.712. The Bertz CT molecular complexity index is 833. The summed E-state index contributed by atoms with van der Waals surface area (Å²) in [5.74, 6) is 2.12. The van der Waals surface area contributed by atoms with E-state index in [2.05, 4.69) is 68.5 Å². The van der Waals surface area contributed by atoms with E-state index >= 15 is 0 Å². The highest BCUT2D eigenvalue weighted by Gasteiger charge is 2.41.